The number of nitrogens with zero attached hydrogens (tertiary/aromatic N) is 1. The highest BCUT2D eigenvalue weighted by atomic mass is 35.5. The molecule has 0 amide bonds. The summed E-state index contributed by atoms with van der Waals surface area (Å²) in [5, 5.41) is 0. The molecule has 0 bridgehead atoms. The van der Waals surface area contributed by atoms with Crippen molar-refractivity contribution < 1.29 is 14.3 Å². The third kappa shape index (κ3) is 6.27. The summed E-state index contributed by atoms with van der Waals surface area (Å²) in [6.45, 7) is -0.362. The highest BCUT2D eigenvalue weighted by Gasteiger charge is 2.14. The van der Waals surface area contributed by atoms with E-state index in [-0.39, 0.29) is 31.4 Å². The SMILES string of the molecule is Cl.[2H]c1c([2H])c([2H])c(C([2H])([2H])N(CCCl)C(C)COc2ccccc2)c([2H])c1[2H]. The Morgan fingerprint density at radius 3 is 2.55 bits per heavy atom. The zero-order chi connectivity index (χ0) is 21.1. The highest BCUT2D eigenvalue weighted by molar-refractivity contribution is 6.18. The molecule has 4 heteroatoms. The molecule has 0 aliphatic rings. The smallest absolute Gasteiger partial charge is 0.119 e. The van der Waals surface area contributed by atoms with Crippen LogP contribution in [0.4, 0.5) is 0 Å². The van der Waals surface area contributed by atoms with Gasteiger partial charge >= 0.3 is 0 Å². The normalized spacial score (nSPS) is 17.0. The van der Waals surface area contributed by atoms with E-state index in [9.17, 15) is 0 Å². The van der Waals surface area contributed by atoms with Gasteiger partial charge in [0.2, 0.25) is 0 Å². The first-order valence-corrected chi connectivity index (χ1v) is 7.24. The Morgan fingerprint density at radius 2 is 1.91 bits per heavy atom. The first kappa shape index (κ1) is 10.5. The minimum atomic E-state index is -2.35. The van der Waals surface area contributed by atoms with Crippen LogP contribution in [0.25, 0.3) is 0 Å². The number of benzene rings is 2. The van der Waals surface area contributed by atoms with Gasteiger partial charge in [-0.15, -0.1) is 24.0 Å². The molecule has 2 aromatic rings. The number of hydrogen-bond donors (Lipinski definition) is 0. The second-order valence-electron chi connectivity index (χ2n) is 4.47. The monoisotopic (exact) mass is 346 g/mol. The summed E-state index contributed by atoms with van der Waals surface area (Å²) in [4.78, 5) is 1.36. The molecule has 2 rings (SSSR count). The Balaban J connectivity index is 0.00000420. The van der Waals surface area contributed by atoms with Crippen LogP contribution >= 0.6 is 24.0 Å². The summed E-state index contributed by atoms with van der Waals surface area (Å²) < 4.78 is 62.4. The molecule has 0 aliphatic heterocycles. The zero-order valence-electron chi connectivity index (χ0n) is 19.2. The number of halogens is 2. The van der Waals surface area contributed by atoms with E-state index >= 15 is 0 Å². The largest absolute Gasteiger partial charge is 0.492 e. The molecule has 120 valence electrons. The Labute approximate surface area is 154 Å². The van der Waals surface area contributed by atoms with Gasteiger partial charge in [-0.25, -0.2) is 0 Å². The van der Waals surface area contributed by atoms with Gasteiger partial charge in [0.15, 0.2) is 0 Å². The summed E-state index contributed by atoms with van der Waals surface area (Å²) in [5.41, 5.74) is -0.407. The van der Waals surface area contributed by atoms with Gasteiger partial charge < -0.3 is 4.74 Å². The van der Waals surface area contributed by atoms with Gasteiger partial charge in [-0.05, 0) is 24.6 Å². The molecule has 0 aromatic heterocycles. The van der Waals surface area contributed by atoms with Gasteiger partial charge in [0, 0.05) is 27.7 Å². The van der Waals surface area contributed by atoms with Gasteiger partial charge in [-0.2, -0.15) is 0 Å². The molecule has 2 nitrogen and oxygen atoms in total. The zero-order valence-corrected chi connectivity index (χ0v) is 13.8. The molecular weight excluding hydrogens is 317 g/mol. The van der Waals surface area contributed by atoms with Crippen LogP contribution in [-0.4, -0.2) is 30.0 Å². The molecule has 1 unspecified atom stereocenters. The lowest BCUT2D eigenvalue weighted by Gasteiger charge is -2.28. The maximum absolute atomic E-state index is 8.60. The Morgan fingerprint density at radius 1 is 1.23 bits per heavy atom. The Bertz CT molecular complexity index is 795. The van der Waals surface area contributed by atoms with Crippen molar-refractivity contribution in [1.29, 1.82) is 0 Å². The fourth-order valence-corrected chi connectivity index (χ4v) is 1.93. The Hall–Kier alpha value is -1.22. The lowest BCUT2D eigenvalue weighted by atomic mass is 10.2. The van der Waals surface area contributed by atoms with Gasteiger partial charge in [0.25, 0.3) is 0 Å². The van der Waals surface area contributed by atoms with E-state index in [0.717, 1.165) is 0 Å². The Kier molecular flexibility index (Phi) is 5.03. The van der Waals surface area contributed by atoms with Crippen molar-refractivity contribution in [2.45, 2.75) is 19.5 Å². The van der Waals surface area contributed by atoms with E-state index in [2.05, 4.69) is 0 Å². The van der Waals surface area contributed by atoms with Crippen molar-refractivity contribution in [3.8, 4) is 5.75 Å². The van der Waals surface area contributed by atoms with Gasteiger partial charge in [0.05, 0.1) is 6.85 Å². The predicted octanol–water partition coefficient (Wildman–Crippen LogP) is 4.62. The number of para-hydroxylation sites is 1. The average Bonchev–Trinajstić information content (AvgIpc) is 2.67. The van der Waals surface area contributed by atoms with Crippen molar-refractivity contribution in [3.05, 3.63) is 66.1 Å². The topological polar surface area (TPSA) is 12.5 Å². The summed E-state index contributed by atoms with van der Waals surface area (Å²) in [7, 11) is 0. The lowest BCUT2D eigenvalue weighted by molar-refractivity contribution is 0.146. The van der Waals surface area contributed by atoms with E-state index in [1.165, 1.54) is 4.90 Å². The van der Waals surface area contributed by atoms with Crippen molar-refractivity contribution in [3.63, 3.8) is 0 Å². The number of alkyl halides is 1. The molecule has 0 N–H and O–H groups in total. The maximum atomic E-state index is 8.60. The van der Waals surface area contributed by atoms with Crippen LogP contribution in [0, 0.1) is 0 Å². The molecule has 1 atom stereocenters. The highest BCUT2D eigenvalue weighted by Crippen LogP contribution is 2.12. The molecule has 0 heterocycles. The fourth-order valence-electron chi connectivity index (χ4n) is 1.75. The van der Waals surface area contributed by atoms with Crippen molar-refractivity contribution in [1.82, 2.24) is 4.90 Å². The van der Waals surface area contributed by atoms with Crippen LogP contribution in [0.15, 0.2) is 60.5 Å². The van der Waals surface area contributed by atoms with Crippen LogP contribution in [-0.2, 0) is 6.50 Å². The maximum Gasteiger partial charge on any atom is 0.119 e. The third-order valence-electron chi connectivity index (χ3n) is 2.85. The second-order valence-corrected chi connectivity index (χ2v) is 4.85. The van der Waals surface area contributed by atoms with Crippen LogP contribution < -0.4 is 4.74 Å². The van der Waals surface area contributed by atoms with E-state index in [1.54, 1.807) is 19.1 Å². The van der Waals surface area contributed by atoms with Crippen LogP contribution in [0.1, 0.15) is 22.1 Å². The minimum absolute atomic E-state index is 0. The van der Waals surface area contributed by atoms with Crippen molar-refractivity contribution in [2.75, 3.05) is 19.0 Å². The molecular formula is C18H23Cl2NO. The van der Waals surface area contributed by atoms with Crippen LogP contribution in [0.3, 0.4) is 0 Å². The van der Waals surface area contributed by atoms with Crippen LogP contribution in [0.5, 0.6) is 5.75 Å². The number of ether oxygens (including phenoxy) is 1. The summed E-state index contributed by atoms with van der Waals surface area (Å²) in [6.07, 6.45) is 0. The van der Waals surface area contributed by atoms with Gasteiger partial charge in [-0.1, -0.05) is 48.4 Å². The predicted molar refractivity (Wildman–Crippen MR) is 96.2 cm³/mol. The average molecular weight is 347 g/mol. The standard InChI is InChI=1S/C18H22ClNO.ClH/c1-16(15-21-18-10-6-3-7-11-18)20(13-12-19)14-17-8-4-2-5-9-17;/h2-11,16H,12-15H2,1H3;1H/i2D,4D,5D,8D,9D,14D2;. The van der Waals surface area contributed by atoms with Gasteiger partial charge in [-0.3, -0.25) is 4.90 Å². The van der Waals surface area contributed by atoms with Crippen LogP contribution in [0.2, 0.25) is 0 Å². The van der Waals surface area contributed by atoms with Gasteiger partial charge in [0.1, 0.15) is 12.4 Å². The molecule has 0 saturated heterocycles. The van der Waals surface area contributed by atoms with E-state index in [0.29, 0.717) is 5.75 Å². The van der Waals surface area contributed by atoms with Crippen molar-refractivity contribution in [2.24, 2.45) is 0 Å². The molecule has 22 heavy (non-hydrogen) atoms. The molecule has 0 aliphatic carbocycles. The molecule has 0 spiro atoms. The first-order valence-electron chi connectivity index (χ1n) is 10.2. The second kappa shape index (κ2) is 10.5. The number of hydrogen-bond acceptors (Lipinski definition) is 2. The fraction of sp³-hybridized carbons (Fsp3) is 0.333. The van der Waals surface area contributed by atoms with E-state index < -0.39 is 48.3 Å². The third-order valence-corrected chi connectivity index (χ3v) is 3.02. The molecule has 0 fully saturated rings. The summed E-state index contributed by atoms with van der Waals surface area (Å²) in [6, 6.07) is 5.76. The quantitative estimate of drug-likeness (QED) is 0.646. The first-order chi connectivity index (χ1) is 13.1. The minimum Gasteiger partial charge on any atom is -0.492 e. The van der Waals surface area contributed by atoms with E-state index in [1.807, 2.05) is 18.2 Å². The summed E-state index contributed by atoms with van der Waals surface area (Å²) in [5.74, 6) is 0.733. The van der Waals surface area contributed by atoms with Crippen molar-refractivity contribution >= 4 is 24.0 Å². The lowest BCUT2D eigenvalue weighted by Crippen LogP contribution is -2.38. The molecule has 2 aromatic carbocycles. The number of rotatable bonds is 8. The molecule has 0 saturated carbocycles. The molecule has 0 radical (unpaired) electrons. The summed E-state index contributed by atoms with van der Waals surface area (Å²) >= 11 is 5.87. The van der Waals surface area contributed by atoms with E-state index in [4.69, 9.17) is 25.9 Å².